The predicted molar refractivity (Wildman–Crippen MR) is 86.9 cm³/mol. The molecule has 1 aromatic heterocycles. The topological polar surface area (TPSA) is 133 Å². The molecule has 0 atom stereocenters. The van der Waals surface area contributed by atoms with Crippen molar-refractivity contribution in [3.8, 4) is 0 Å². The quantitative estimate of drug-likeness (QED) is 0.623. The number of primary amides is 2. The van der Waals surface area contributed by atoms with Gasteiger partial charge in [-0.15, -0.1) is 0 Å². The van der Waals surface area contributed by atoms with E-state index in [1.165, 1.54) is 0 Å². The van der Waals surface area contributed by atoms with Crippen molar-refractivity contribution in [2.45, 2.75) is 26.4 Å². The maximum absolute atomic E-state index is 12.0. The number of carbonyl (C=O) groups is 3. The van der Waals surface area contributed by atoms with Gasteiger partial charge in [0.15, 0.2) is 6.04 Å². The number of amides is 3. The first-order valence-corrected chi connectivity index (χ1v) is 7.27. The summed E-state index contributed by atoms with van der Waals surface area (Å²) in [5.41, 5.74) is 13.3. The van der Waals surface area contributed by atoms with Gasteiger partial charge in [-0.05, 0) is 37.6 Å². The van der Waals surface area contributed by atoms with Gasteiger partial charge in [-0.25, -0.2) is 0 Å². The van der Waals surface area contributed by atoms with Crippen molar-refractivity contribution in [1.29, 1.82) is 0 Å². The van der Waals surface area contributed by atoms with Crippen LogP contribution in [0.3, 0.4) is 0 Å². The van der Waals surface area contributed by atoms with Gasteiger partial charge in [0.1, 0.15) is 0 Å². The third kappa shape index (κ3) is 3.97. The van der Waals surface area contributed by atoms with Gasteiger partial charge in [-0.3, -0.25) is 19.1 Å². The number of aromatic nitrogens is 2. The van der Waals surface area contributed by atoms with E-state index in [0.717, 1.165) is 17.0 Å². The summed E-state index contributed by atoms with van der Waals surface area (Å²) in [5, 5.41) is 6.58. The molecule has 2 rings (SSSR count). The highest BCUT2D eigenvalue weighted by atomic mass is 16.2. The highest BCUT2D eigenvalue weighted by Gasteiger charge is 2.24. The first kappa shape index (κ1) is 17.2. The van der Waals surface area contributed by atoms with Gasteiger partial charge in [0, 0.05) is 11.3 Å². The molecular weight excluding hydrogens is 310 g/mol. The van der Waals surface area contributed by atoms with Crippen LogP contribution in [-0.2, 0) is 16.1 Å². The van der Waals surface area contributed by atoms with Crippen LogP contribution >= 0.6 is 0 Å². The minimum Gasteiger partial charge on any atom is -0.367 e. The number of hydrogen-bond acceptors (Lipinski definition) is 4. The lowest BCUT2D eigenvalue weighted by molar-refractivity contribution is -0.128. The Morgan fingerprint density at radius 1 is 1.12 bits per heavy atom. The molecule has 0 fully saturated rings. The number of benzene rings is 1. The molecule has 24 heavy (non-hydrogen) atoms. The monoisotopic (exact) mass is 329 g/mol. The lowest BCUT2D eigenvalue weighted by atomic mass is 10.1. The molecule has 0 bridgehead atoms. The van der Waals surface area contributed by atoms with Crippen LogP contribution in [0.2, 0.25) is 0 Å². The molecule has 8 heteroatoms. The molecule has 0 aliphatic carbocycles. The van der Waals surface area contributed by atoms with E-state index in [1.54, 1.807) is 24.3 Å². The molecule has 1 aromatic carbocycles. The third-order valence-electron chi connectivity index (χ3n) is 3.50. The molecule has 0 aliphatic rings. The van der Waals surface area contributed by atoms with Crippen LogP contribution in [0.4, 0.5) is 0 Å². The van der Waals surface area contributed by atoms with Crippen LogP contribution in [0.5, 0.6) is 0 Å². The van der Waals surface area contributed by atoms with E-state index in [1.807, 2.05) is 24.6 Å². The summed E-state index contributed by atoms with van der Waals surface area (Å²) in [4.78, 5) is 34.2. The molecule has 126 valence electrons. The highest BCUT2D eigenvalue weighted by Crippen LogP contribution is 2.09. The molecule has 8 nitrogen and oxygen atoms in total. The minimum atomic E-state index is -1.54. The van der Waals surface area contributed by atoms with Gasteiger partial charge < -0.3 is 16.8 Å². The Labute approximate surface area is 138 Å². The first-order chi connectivity index (χ1) is 11.3. The number of nitrogens with one attached hydrogen (secondary N) is 1. The summed E-state index contributed by atoms with van der Waals surface area (Å²) < 4.78 is 1.86. The summed E-state index contributed by atoms with van der Waals surface area (Å²) in [7, 11) is 0. The zero-order valence-corrected chi connectivity index (χ0v) is 13.4. The van der Waals surface area contributed by atoms with Crippen molar-refractivity contribution in [3.05, 3.63) is 52.8 Å². The van der Waals surface area contributed by atoms with Crippen LogP contribution in [0.15, 0.2) is 30.3 Å². The lowest BCUT2D eigenvalue weighted by Gasteiger charge is -2.12. The number of hydrogen-bond donors (Lipinski definition) is 3. The largest absolute Gasteiger partial charge is 0.367 e. The Morgan fingerprint density at radius 3 is 2.17 bits per heavy atom. The maximum Gasteiger partial charge on any atom is 0.252 e. The van der Waals surface area contributed by atoms with Crippen molar-refractivity contribution in [3.63, 3.8) is 0 Å². The van der Waals surface area contributed by atoms with E-state index < -0.39 is 23.8 Å². The number of rotatable bonds is 6. The van der Waals surface area contributed by atoms with Crippen molar-refractivity contribution in [2.75, 3.05) is 0 Å². The molecule has 0 saturated heterocycles. The highest BCUT2D eigenvalue weighted by molar-refractivity contribution is 6.08. The SMILES string of the molecule is Cc1cc(C)n(Cc2ccc(C(=O)NC(C(N)=O)C(N)=O)cc2)n1. The smallest absolute Gasteiger partial charge is 0.252 e. The van der Waals surface area contributed by atoms with Crippen molar-refractivity contribution in [1.82, 2.24) is 15.1 Å². The summed E-state index contributed by atoms with van der Waals surface area (Å²) in [6.07, 6.45) is 0. The van der Waals surface area contributed by atoms with E-state index in [0.29, 0.717) is 12.1 Å². The van der Waals surface area contributed by atoms with E-state index in [-0.39, 0.29) is 0 Å². The second kappa shape index (κ2) is 6.95. The van der Waals surface area contributed by atoms with Crippen molar-refractivity contribution < 1.29 is 14.4 Å². The Balaban J connectivity index is 2.08. The van der Waals surface area contributed by atoms with Crippen LogP contribution in [0.1, 0.15) is 27.3 Å². The zero-order chi connectivity index (χ0) is 17.9. The Morgan fingerprint density at radius 2 is 1.71 bits per heavy atom. The molecule has 3 amide bonds. The molecule has 2 aromatic rings. The Bertz CT molecular complexity index is 766. The fourth-order valence-corrected chi connectivity index (χ4v) is 2.27. The zero-order valence-electron chi connectivity index (χ0n) is 13.4. The summed E-state index contributed by atoms with van der Waals surface area (Å²) in [5.74, 6) is -2.61. The normalized spacial score (nSPS) is 10.6. The number of nitrogens with two attached hydrogens (primary N) is 2. The van der Waals surface area contributed by atoms with E-state index in [9.17, 15) is 14.4 Å². The van der Waals surface area contributed by atoms with Crippen molar-refractivity contribution >= 4 is 17.7 Å². The number of nitrogens with zero attached hydrogens (tertiary/aromatic N) is 2. The van der Waals surface area contributed by atoms with E-state index >= 15 is 0 Å². The predicted octanol–water partition coefficient (Wildman–Crippen LogP) is -0.383. The minimum absolute atomic E-state index is 0.291. The third-order valence-corrected chi connectivity index (χ3v) is 3.50. The van der Waals surface area contributed by atoms with Crippen LogP contribution < -0.4 is 16.8 Å². The van der Waals surface area contributed by atoms with E-state index in [4.69, 9.17) is 11.5 Å². The fraction of sp³-hybridized carbons (Fsp3) is 0.250. The van der Waals surface area contributed by atoms with E-state index in [2.05, 4.69) is 10.4 Å². The second-order valence-electron chi connectivity index (χ2n) is 5.49. The Kier molecular flexibility index (Phi) is 4.98. The molecule has 0 unspecified atom stereocenters. The van der Waals surface area contributed by atoms with Gasteiger partial charge in [0.25, 0.3) is 5.91 Å². The van der Waals surface area contributed by atoms with Gasteiger partial charge in [0.2, 0.25) is 11.8 Å². The summed E-state index contributed by atoms with van der Waals surface area (Å²) in [6, 6.07) is 7.18. The van der Waals surface area contributed by atoms with Crippen LogP contribution in [0.25, 0.3) is 0 Å². The van der Waals surface area contributed by atoms with Gasteiger partial charge in [-0.1, -0.05) is 12.1 Å². The average Bonchev–Trinajstić information content (AvgIpc) is 2.82. The molecule has 5 N–H and O–H groups in total. The lowest BCUT2D eigenvalue weighted by Crippen LogP contribution is -2.52. The average molecular weight is 329 g/mol. The Hall–Kier alpha value is -3.16. The number of aryl methyl sites for hydroxylation is 2. The van der Waals surface area contributed by atoms with Gasteiger partial charge >= 0.3 is 0 Å². The summed E-state index contributed by atoms with van der Waals surface area (Å²) in [6.45, 7) is 4.47. The van der Waals surface area contributed by atoms with Crippen molar-refractivity contribution in [2.24, 2.45) is 11.5 Å². The standard InChI is InChI=1S/C16H19N5O3/c1-9-7-10(2)21(20-9)8-11-3-5-12(6-4-11)16(24)19-13(14(17)22)15(18)23/h3-7,13H,8H2,1-2H3,(H2,17,22)(H2,18,23)(H,19,24). The molecule has 0 aliphatic heterocycles. The molecule has 0 radical (unpaired) electrons. The number of carbonyl (C=O) groups excluding carboxylic acids is 3. The molecule has 0 spiro atoms. The maximum atomic E-state index is 12.0. The molecular formula is C16H19N5O3. The van der Waals surface area contributed by atoms with Gasteiger partial charge in [-0.2, -0.15) is 5.10 Å². The van der Waals surface area contributed by atoms with Crippen LogP contribution in [0, 0.1) is 13.8 Å². The van der Waals surface area contributed by atoms with Crippen LogP contribution in [-0.4, -0.2) is 33.5 Å². The second-order valence-corrected chi connectivity index (χ2v) is 5.49. The summed E-state index contributed by atoms with van der Waals surface area (Å²) >= 11 is 0. The molecule has 1 heterocycles. The van der Waals surface area contributed by atoms with Gasteiger partial charge in [0.05, 0.1) is 12.2 Å². The molecule has 0 saturated carbocycles. The fourth-order valence-electron chi connectivity index (χ4n) is 2.27. The first-order valence-electron chi connectivity index (χ1n) is 7.27.